The topological polar surface area (TPSA) is 76.2 Å². The fourth-order valence-electron chi connectivity index (χ4n) is 1.40. The summed E-state index contributed by atoms with van der Waals surface area (Å²) in [7, 11) is 0. The first-order valence-corrected chi connectivity index (χ1v) is 4.31. The first-order valence-electron chi connectivity index (χ1n) is 4.31. The standard InChI is InChI=1S/C10H10N2O3/c1-7-5-9(15-4-3-11)6-8(2)10(7)12(13)14/h5-6H,4H2,1-2H3. The monoisotopic (exact) mass is 206 g/mol. The molecule has 0 aliphatic carbocycles. The van der Waals surface area contributed by atoms with Gasteiger partial charge in [-0.2, -0.15) is 5.26 Å². The van der Waals surface area contributed by atoms with E-state index < -0.39 is 4.92 Å². The number of nitro benzene ring substituents is 1. The summed E-state index contributed by atoms with van der Waals surface area (Å²) < 4.78 is 5.07. The van der Waals surface area contributed by atoms with Gasteiger partial charge in [0.1, 0.15) is 11.8 Å². The largest absolute Gasteiger partial charge is 0.479 e. The number of hydrogen-bond donors (Lipinski definition) is 0. The zero-order chi connectivity index (χ0) is 11.4. The highest BCUT2D eigenvalue weighted by Crippen LogP contribution is 2.27. The fraction of sp³-hybridized carbons (Fsp3) is 0.300. The lowest BCUT2D eigenvalue weighted by molar-refractivity contribution is -0.386. The van der Waals surface area contributed by atoms with Gasteiger partial charge in [-0.1, -0.05) is 0 Å². The number of aryl methyl sites for hydroxylation is 2. The third kappa shape index (κ3) is 2.44. The first-order chi connectivity index (χ1) is 7.06. The number of nitrogens with zero attached hydrogens (tertiary/aromatic N) is 2. The third-order valence-electron chi connectivity index (χ3n) is 1.95. The first kappa shape index (κ1) is 11.0. The Balaban J connectivity index is 3.09. The van der Waals surface area contributed by atoms with E-state index in [1.165, 1.54) is 0 Å². The predicted molar refractivity (Wildman–Crippen MR) is 53.7 cm³/mol. The zero-order valence-corrected chi connectivity index (χ0v) is 8.48. The maximum atomic E-state index is 10.7. The fourth-order valence-corrected chi connectivity index (χ4v) is 1.40. The van der Waals surface area contributed by atoms with Gasteiger partial charge >= 0.3 is 0 Å². The van der Waals surface area contributed by atoms with E-state index in [-0.39, 0.29) is 12.3 Å². The van der Waals surface area contributed by atoms with Crippen LogP contribution in [0.2, 0.25) is 0 Å². The summed E-state index contributed by atoms with van der Waals surface area (Å²) in [6.45, 7) is 3.23. The molecule has 78 valence electrons. The molecule has 1 aromatic carbocycles. The normalized spacial score (nSPS) is 9.40. The van der Waals surface area contributed by atoms with E-state index in [1.807, 2.05) is 6.07 Å². The second-order valence-corrected chi connectivity index (χ2v) is 3.11. The zero-order valence-electron chi connectivity index (χ0n) is 8.48. The number of hydrogen-bond acceptors (Lipinski definition) is 4. The van der Waals surface area contributed by atoms with Crippen molar-refractivity contribution in [1.29, 1.82) is 5.26 Å². The van der Waals surface area contributed by atoms with Crippen molar-refractivity contribution < 1.29 is 9.66 Å². The van der Waals surface area contributed by atoms with E-state index in [9.17, 15) is 10.1 Å². The number of benzene rings is 1. The van der Waals surface area contributed by atoms with E-state index in [1.54, 1.807) is 26.0 Å². The molecule has 0 bridgehead atoms. The number of nitriles is 1. The summed E-state index contributed by atoms with van der Waals surface area (Å²) in [6.07, 6.45) is 0. The molecule has 0 atom stereocenters. The Labute approximate surface area is 87.1 Å². The van der Waals surface area contributed by atoms with Gasteiger partial charge in [-0.25, -0.2) is 0 Å². The third-order valence-corrected chi connectivity index (χ3v) is 1.95. The van der Waals surface area contributed by atoms with Crippen LogP contribution >= 0.6 is 0 Å². The minimum absolute atomic E-state index is 0.0588. The Hall–Kier alpha value is -2.09. The molecule has 0 aliphatic heterocycles. The molecule has 0 saturated carbocycles. The van der Waals surface area contributed by atoms with Crippen molar-refractivity contribution in [2.24, 2.45) is 0 Å². The Morgan fingerprint density at radius 3 is 2.40 bits per heavy atom. The maximum Gasteiger partial charge on any atom is 0.275 e. The summed E-state index contributed by atoms with van der Waals surface area (Å²) in [5.41, 5.74) is 1.17. The quantitative estimate of drug-likeness (QED) is 0.560. The van der Waals surface area contributed by atoms with Gasteiger partial charge in [0.2, 0.25) is 0 Å². The summed E-state index contributed by atoms with van der Waals surface area (Å²) in [4.78, 5) is 10.3. The molecule has 15 heavy (non-hydrogen) atoms. The van der Waals surface area contributed by atoms with E-state index in [0.717, 1.165) is 0 Å². The predicted octanol–water partition coefficient (Wildman–Crippen LogP) is 2.11. The number of ether oxygens (including phenoxy) is 1. The van der Waals surface area contributed by atoms with Crippen molar-refractivity contribution in [3.8, 4) is 11.8 Å². The molecule has 0 spiro atoms. The van der Waals surface area contributed by atoms with Crippen LogP contribution in [0.25, 0.3) is 0 Å². The Morgan fingerprint density at radius 1 is 1.47 bits per heavy atom. The molecular formula is C10H10N2O3. The van der Waals surface area contributed by atoms with Crippen LogP contribution in [-0.4, -0.2) is 11.5 Å². The Kier molecular flexibility index (Phi) is 3.24. The molecule has 0 aromatic heterocycles. The van der Waals surface area contributed by atoms with E-state index in [0.29, 0.717) is 16.9 Å². The number of rotatable bonds is 3. The van der Waals surface area contributed by atoms with Gasteiger partial charge in [-0.05, 0) is 26.0 Å². The van der Waals surface area contributed by atoms with Crippen LogP contribution in [0.15, 0.2) is 12.1 Å². The minimum Gasteiger partial charge on any atom is -0.479 e. The van der Waals surface area contributed by atoms with Gasteiger partial charge < -0.3 is 4.74 Å². The molecule has 0 heterocycles. The Bertz CT molecular complexity index is 412. The van der Waals surface area contributed by atoms with Crippen molar-refractivity contribution in [2.45, 2.75) is 13.8 Å². The van der Waals surface area contributed by atoms with Crippen molar-refractivity contribution in [3.63, 3.8) is 0 Å². The molecule has 1 aromatic rings. The summed E-state index contributed by atoms with van der Waals surface area (Å²) in [5, 5.41) is 19.0. The average Bonchev–Trinajstić information content (AvgIpc) is 2.12. The second kappa shape index (κ2) is 4.42. The molecule has 0 amide bonds. The highest BCUT2D eigenvalue weighted by Gasteiger charge is 2.15. The second-order valence-electron chi connectivity index (χ2n) is 3.11. The van der Waals surface area contributed by atoms with E-state index >= 15 is 0 Å². The van der Waals surface area contributed by atoms with E-state index in [4.69, 9.17) is 10.00 Å². The molecule has 5 heteroatoms. The van der Waals surface area contributed by atoms with Gasteiger partial charge in [0.15, 0.2) is 6.61 Å². The molecule has 0 radical (unpaired) electrons. The Morgan fingerprint density at radius 2 is 2.00 bits per heavy atom. The molecular weight excluding hydrogens is 196 g/mol. The molecule has 0 N–H and O–H groups in total. The minimum atomic E-state index is -0.418. The van der Waals surface area contributed by atoms with Crippen LogP contribution in [0.4, 0.5) is 5.69 Å². The van der Waals surface area contributed by atoms with Gasteiger partial charge in [0.25, 0.3) is 5.69 Å². The molecule has 0 fully saturated rings. The van der Waals surface area contributed by atoms with Crippen LogP contribution in [0.1, 0.15) is 11.1 Å². The SMILES string of the molecule is Cc1cc(OCC#N)cc(C)c1[N+](=O)[O-]. The molecule has 0 aliphatic rings. The van der Waals surface area contributed by atoms with Gasteiger partial charge in [0, 0.05) is 11.1 Å². The number of nitro groups is 1. The van der Waals surface area contributed by atoms with Crippen LogP contribution in [-0.2, 0) is 0 Å². The van der Waals surface area contributed by atoms with Crippen molar-refractivity contribution in [3.05, 3.63) is 33.4 Å². The summed E-state index contributed by atoms with van der Waals surface area (Å²) >= 11 is 0. The van der Waals surface area contributed by atoms with Crippen LogP contribution in [0.3, 0.4) is 0 Å². The van der Waals surface area contributed by atoms with Crippen molar-refractivity contribution in [1.82, 2.24) is 0 Å². The highest BCUT2D eigenvalue weighted by molar-refractivity contribution is 5.51. The van der Waals surface area contributed by atoms with Crippen molar-refractivity contribution in [2.75, 3.05) is 6.61 Å². The smallest absolute Gasteiger partial charge is 0.275 e. The maximum absolute atomic E-state index is 10.7. The highest BCUT2D eigenvalue weighted by atomic mass is 16.6. The summed E-state index contributed by atoms with van der Waals surface area (Å²) in [6, 6.07) is 4.95. The lowest BCUT2D eigenvalue weighted by Crippen LogP contribution is -1.98. The summed E-state index contributed by atoms with van der Waals surface area (Å²) in [5.74, 6) is 0.483. The molecule has 0 saturated heterocycles. The van der Waals surface area contributed by atoms with Crippen LogP contribution in [0.5, 0.6) is 5.75 Å². The van der Waals surface area contributed by atoms with Gasteiger partial charge in [0.05, 0.1) is 4.92 Å². The van der Waals surface area contributed by atoms with Gasteiger partial charge in [-0.15, -0.1) is 0 Å². The molecule has 1 rings (SSSR count). The molecule has 0 unspecified atom stereocenters. The van der Waals surface area contributed by atoms with Crippen LogP contribution in [0, 0.1) is 35.3 Å². The van der Waals surface area contributed by atoms with Gasteiger partial charge in [-0.3, -0.25) is 10.1 Å². The lowest BCUT2D eigenvalue weighted by Gasteiger charge is -2.05. The lowest BCUT2D eigenvalue weighted by atomic mass is 10.1. The average molecular weight is 206 g/mol. The van der Waals surface area contributed by atoms with Crippen LogP contribution < -0.4 is 4.74 Å². The van der Waals surface area contributed by atoms with E-state index in [2.05, 4.69) is 0 Å². The molecule has 5 nitrogen and oxygen atoms in total. The van der Waals surface area contributed by atoms with Crippen molar-refractivity contribution >= 4 is 5.69 Å².